The van der Waals surface area contributed by atoms with Crippen LogP contribution in [0.25, 0.3) is 0 Å². The molecular weight excluding hydrogens is 320 g/mol. The highest BCUT2D eigenvalue weighted by molar-refractivity contribution is 9.10. The maximum atomic E-state index is 11.6. The average molecular weight is 329 g/mol. The molecule has 0 aliphatic heterocycles. The first-order chi connectivity index (χ1) is 8.69. The Morgan fingerprint density at radius 1 is 1.50 bits per heavy atom. The second kappa shape index (κ2) is 5.78. The van der Waals surface area contributed by atoms with Gasteiger partial charge in [-0.3, -0.25) is 5.32 Å². The minimum absolute atomic E-state index is 0.245. The van der Waals surface area contributed by atoms with E-state index in [9.17, 15) is 4.79 Å². The second-order valence-electron chi connectivity index (χ2n) is 3.10. The molecule has 18 heavy (non-hydrogen) atoms. The minimum atomic E-state index is -0.636. The van der Waals surface area contributed by atoms with Gasteiger partial charge in [-0.05, 0) is 28.1 Å². The van der Waals surface area contributed by atoms with E-state index in [2.05, 4.69) is 36.5 Å². The normalized spacial score (nSPS) is 9.89. The van der Waals surface area contributed by atoms with Crippen LogP contribution in [0.3, 0.4) is 0 Å². The molecule has 0 aliphatic carbocycles. The fourth-order valence-electron chi connectivity index (χ4n) is 1.17. The van der Waals surface area contributed by atoms with Crippen molar-refractivity contribution in [2.45, 2.75) is 0 Å². The van der Waals surface area contributed by atoms with Gasteiger partial charge in [-0.1, -0.05) is 6.07 Å². The largest absolute Gasteiger partial charge is 0.419 e. The second-order valence-corrected chi connectivity index (χ2v) is 4.76. The number of carbonyl (C=O) groups is 1. The highest BCUT2D eigenvalue weighted by Gasteiger charge is 2.12. The molecule has 0 aliphatic rings. The van der Waals surface area contributed by atoms with E-state index in [1.54, 1.807) is 30.8 Å². The van der Waals surface area contributed by atoms with Gasteiger partial charge in [-0.25, -0.2) is 14.8 Å². The fraction of sp³-hybridized carbons (Fsp3) is 0.100. The third-order valence-corrected chi connectivity index (χ3v) is 3.16. The molecule has 1 amide bonds. The number of halogens is 1. The molecule has 0 saturated heterocycles. The van der Waals surface area contributed by atoms with E-state index in [0.29, 0.717) is 15.4 Å². The number of carbonyl (C=O) groups excluding carboxylic acids is 1. The monoisotopic (exact) mass is 328 g/mol. The Kier molecular flexibility index (Phi) is 4.11. The molecule has 0 fully saturated rings. The van der Waals surface area contributed by atoms with Gasteiger partial charge in [0.2, 0.25) is 0 Å². The lowest BCUT2D eigenvalue weighted by atomic mass is 10.5. The third kappa shape index (κ3) is 3.17. The number of hydrogen-bond acceptors (Lipinski definition) is 6. The Bertz CT molecular complexity index is 560. The van der Waals surface area contributed by atoms with Gasteiger partial charge < -0.3 is 10.1 Å². The van der Waals surface area contributed by atoms with E-state index in [1.165, 1.54) is 11.3 Å². The first-order valence-electron chi connectivity index (χ1n) is 4.91. The number of rotatable bonds is 3. The molecule has 0 spiro atoms. The van der Waals surface area contributed by atoms with Crippen LogP contribution < -0.4 is 15.4 Å². The van der Waals surface area contributed by atoms with Gasteiger partial charge in [0.15, 0.2) is 5.00 Å². The van der Waals surface area contributed by atoms with E-state index in [1.807, 2.05) is 0 Å². The molecule has 2 aromatic rings. The van der Waals surface area contributed by atoms with Crippen molar-refractivity contribution in [3.8, 4) is 5.88 Å². The van der Waals surface area contributed by atoms with E-state index >= 15 is 0 Å². The molecule has 2 N–H and O–H groups in total. The Labute approximate surface area is 116 Å². The number of aromatic nitrogens is 2. The summed E-state index contributed by atoms with van der Waals surface area (Å²) in [6, 6.07) is 5.18. The SMILES string of the molecule is CNc1scnc1OC(=O)Nc1cccc(Br)n1. The van der Waals surface area contributed by atoms with Crippen LogP contribution in [0.1, 0.15) is 0 Å². The molecule has 0 saturated carbocycles. The van der Waals surface area contributed by atoms with Crippen LogP contribution in [0, 0.1) is 0 Å². The summed E-state index contributed by atoms with van der Waals surface area (Å²) in [5.41, 5.74) is 1.59. The summed E-state index contributed by atoms with van der Waals surface area (Å²) in [5.74, 6) is 0.644. The van der Waals surface area contributed by atoms with Gasteiger partial charge in [-0.2, -0.15) is 0 Å². The number of ether oxygens (including phenoxy) is 1. The molecule has 0 radical (unpaired) electrons. The Balaban J connectivity index is 2.01. The van der Waals surface area contributed by atoms with Crippen molar-refractivity contribution in [2.75, 3.05) is 17.7 Å². The Morgan fingerprint density at radius 3 is 3.06 bits per heavy atom. The van der Waals surface area contributed by atoms with Gasteiger partial charge in [0.05, 0.1) is 5.51 Å². The fourth-order valence-corrected chi connectivity index (χ4v) is 2.08. The highest BCUT2D eigenvalue weighted by Crippen LogP contribution is 2.26. The van der Waals surface area contributed by atoms with Gasteiger partial charge >= 0.3 is 6.09 Å². The minimum Gasteiger partial charge on any atom is -0.388 e. The van der Waals surface area contributed by atoms with Crippen molar-refractivity contribution in [1.29, 1.82) is 0 Å². The third-order valence-electron chi connectivity index (χ3n) is 1.90. The van der Waals surface area contributed by atoms with E-state index < -0.39 is 6.09 Å². The van der Waals surface area contributed by atoms with E-state index in [-0.39, 0.29) is 5.88 Å². The van der Waals surface area contributed by atoms with Crippen molar-refractivity contribution in [2.24, 2.45) is 0 Å². The Morgan fingerprint density at radius 2 is 2.33 bits per heavy atom. The first kappa shape index (κ1) is 12.8. The summed E-state index contributed by atoms with van der Waals surface area (Å²) in [5, 5.41) is 6.08. The van der Waals surface area contributed by atoms with Crippen LogP contribution in [-0.2, 0) is 0 Å². The molecule has 94 valence electrons. The first-order valence-corrected chi connectivity index (χ1v) is 6.59. The lowest BCUT2D eigenvalue weighted by Gasteiger charge is -2.05. The number of anilines is 2. The van der Waals surface area contributed by atoms with Gasteiger partial charge in [0.25, 0.3) is 5.88 Å². The maximum absolute atomic E-state index is 11.6. The molecule has 0 atom stereocenters. The average Bonchev–Trinajstić information content (AvgIpc) is 2.76. The number of amides is 1. The zero-order valence-electron chi connectivity index (χ0n) is 9.31. The number of hydrogen-bond donors (Lipinski definition) is 2. The summed E-state index contributed by atoms with van der Waals surface area (Å²) in [4.78, 5) is 19.6. The van der Waals surface area contributed by atoms with Crippen molar-refractivity contribution in [3.63, 3.8) is 0 Å². The lowest BCUT2D eigenvalue weighted by Crippen LogP contribution is -2.18. The molecule has 8 heteroatoms. The summed E-state index contributed by atoms with van der Waals surface area (Å²) in [6.07, 6.45) is -0.636. The number of nitrogens with one attached hydrogen (secondary N) is 2. The van der Waals surface area contributed by atoms with Gasteiger partial charge in [-0.15, -0.1) is 11.3 Å². The standard InChI is InChI=1S/C10H9BrN4O2S/c1-12-9-8(13-5-18-9)17-10(16)15-7-4-2-3-6(11)14-7/h2-5,12H,1H3,(H,14,15,16). The predicted molar refractivity (Wildman–Crippen MR) is 73.2 cm³/mol. The molecule has 2 aromatic heterocycles. The topological polar surface area (TPSA) is 76.1 Å². The summed E-state index contributed by atoms with van der Waals surface area (Å²) >= 11 is 4.56. The van der Waals surface area contributed by atoms with Crippen LogP contribution in [0.4, 0.5) is 15.6 Å². The predicted octanol–water partition coefficient (Wildman–Crippen LogP) is 2.95. The van der Waals surface area contributed by atoms with Crippen LogP contribution in [0.2, 0.25) is 0 Å². The van der Waals surface area contributed by atoms with E-state index in [0.717, 1.165) is 0 Å². The zero-order valence-corrected chi connectivity index (χ0v) is 11.7. The summed E-state index contributed by atoms with van der Waals surface area (Å²) in [6.45, 7) is 0. The van der Waals surface area contributed by atoms with Crippen LogP contribution in [-0.4, -0.2) is 23.1 Å². The molecule has 2 rings (SSSR count). The molecule has 0 unspecified atom stereocenters. The van der Waals surface area contributed by atoms with Gasteiger partial charge in [0, 0.05) is 7.05 Å². The molecular formula is C10H9BrN4O2S. The lowest BCUT2D eigenvalue weighted by molar-refractivity contribution is 0.214. The van der Waals surface area contributed by atoms with Crippen LogP contribution in [0.15, 0.2) is 28.3 Å². The van der Waals surface area contributed by atoms with Gasteiger partial charge in [0.1, 0.15) is 10.4 Å². The molecule has 2 heterocycles. The molecule has 0 aromatic carbocycles. The highest BCUT2D eigenvalue weighted by atomic mass is 79.9. The number of thiazole rings is 1. The van der Waals surface area contributed by atoms with Crippen molar-refractivity contribution in [1.82, 2.24) is 9.97 Å². The van der Waals surface area contributed by atoms with E-state index in [4.69, 9.17) is 4.74 Å². The quantitative estimate of drug-likeness (QED) is 0.847. The smallest absolute Gasteiger partial charge is 0.388 e. The number of nitrogens with zero attached hydrogens (tertiary/aromatic N) is 2. The van der Waals surface area contributed by atoms with Crippen molar-refractivity contribution in [3.05, 3.63) is 28.3 Å². The molecule has 0 bridgehead atoms. The van der Waals surface area contributed by atoms with Crippen molar-refractivity contribution >= 4 is 44.2 Å². The maximum Gasteiger partial charge on any atom is 0.419 e. The molecule has 6 nitrogen and oxygen atoms in total. The summed E-state index contributed by atoms with van der Waals surface area (Å²) < 4.78 is 5.68. The summed E-state index contributed by atoms with van der Waals surface area (Å²) in [7, 11) is 1.73. The van der Waals surface area contributed by atoms with Crippen LogP contribution >= 0.6 is 27.3 Å². The zero-order chi connectivity index (χ0) is 13.0. The van der Waals surface area contributed by atoms with Crippen LogP contribution in [0.5, 0.6) is 5.88 Å². The Hall–Kier alpha value is -1.67. The van der Waals surface area contributed by atoms with Crippen molar-refractivity contribution < 1.29 is 9.53 Å². The number of pyridine rings is 1.